The van der Waals surface area contributed by atoms with Gasteiger partial charge in [0.1, 0.15) is 5.41 Å². The van der Waals surface area contributed by atoms with E-state index in [4.69, 9.17) is 9.97 Å². The van der Waals surface area contributed by atoms with Crippen molar-refractivity contribution >= 4 is 0 Å². The largest absolute Gasteiger partial charge is 2.00 e. The fourth-order valence-electron chi connectivity index (χ4n) is 4.96. The Morgan fingerprint density at radius 3 is 1.24 bits per heavy atom. The van der Waals surface area contributed by atoms with Gasteiger partial charge in [-0.3, -0.25) is 9.97 Å². The van der Waals surface area contributed by atoms with Crippen molar-refractivity contribution in [2.75, 3.05) is 0 Å². The van der Waals surface area contributed by atoms with Gasteiger partial charge in [-0.15, -0.1) is 71.8 Å². The molecule has 0 unspecified atom stereocenters. The van der Waals surface area contributed by atoms with E-state index in [1.165, 1.54) is 0 Å². The smallest absolute Gasteiger partial charge is 0.300 e. The maximum Gasteiger partial charge on any atom is 2.00 e. The van der Waals surface area contributed by atoms with Gasteiger partial charge in [-0.2, -0.15) is 0 Å². The molecule has 2 nitrogen and oxygen atoms in total. The van der Waals surface area contributed by atoms with E-state index in [2.05, 4.69) is 84.9 Å². The Morgan fingerprint density at radius 2 is 0.842 bits per heavy atom. The topological polar surface area (TPSA) is 25.8 Å². The molecular weight excluding hydrogens is 555 g/mol. The zero-order chi connectivity index (χ0) is 24.9. The monoisotopic (exact) mass is 578 g/mol. The predicted octanol–water partition coefficient (Wildman–Crippen LogP) is 7.79. The molecule has 6 rings (SSSR count). The van der Waals surface area contributed by atoms with Crippen LogP contribution >= 0.6 is 0 Å². The Labute approximate surface area is 237 Å². The van der Waals surface area contributed by atoms with E-state index in [1.807, 2.05) is 72.8 Å². The van der Waals surface area contributed by atoms with Gasteiger partial charge in [0.2, 0.25) is 0 Å². The number of pyridine rings is 2. The van der Waals surface area contributed by atoms with E-state index in [-0.39, 0.29) is 20.4 Å². The molecule has 0 bridgehead atoms. The van der Waals surface area contributed by atoms with Gasteiger partial charge in [-0.25, -0.2) is 0 Å². The van der Waals surface area contributed by atoms with Gasteiger partial charge >= 0.3 is 20.4 Å². The van der Waals surface area contributed by atoms with Crippen molar-refractivity contribution in [1.29, 1.82) is 0 Å². The second kappa shape index (κ2) is 11.5. The maximum atomic E-state index is 5.27. The third kappa shape index (κ3) is 4.75. The quantitative estimate of drug-likeness (QED) is 0.149. The van der Waals surface area contributed by atoms with E-state index in [0.717, 1.165) is 45.0 Å². The fourth-order valence-corrected chi connectivity index (χ4v) is 4.96. The Bertz CT molecular complexity index is 1480. The van der Waals surface area contributed by atoms with Gasteiger partial charge in [0.05, 0.1) is 11.4 Å². The molecule has 0 spiro atoms. The van der Waals surface area contributed by atoms with Crippen molar-refractivity contribution in [1.82, 2.24) is 9.97 Å². The van der Waals surface area contributed by atoms with Crippen molar-refractivity contribution in [3.63, 3.8) is 0 Å². The zero-order valence-corrected chi connectivity index (χ0v) is 22.1. The van der Waals surface area contributed by atoms with Crippen LogP contribution in [0.2, 0.25) is 0 Å². The van der Waals surface area contributed by atoms with Crippen LogP contribution in [0, 0.1) is 12.1 Å². The summed E-state index contributed by atoms with van der Waals surface area (Å²) < 4.78 is 0. The van der Waals surface area contributed by atoms with E-state index >= 15 is 0 Å². The molecule has 0 aliphatic rings. The summed E-state index contributed by atoms with van der Waals surface area (Å²) in [7, 11) is 0. The average Bonchev–Trinajstić information content (AvgIpc) is 3.00. The van der Waals surface area contributed by atoms with Crippen LogP contribution in [0.15, 0.2) is 146 Å². The molecule has 0 amide bonds. The van der Waals surface area contributed by atoms with Crippen LogP contribution in [0.25, 0.3) is 22.5 Å². The molecule has 0 saturated heterocycles. The van der Waals surface area contributed by atoms with Gasteiger partial charge < -0.3 is 0 Å². The van der Waals surface area contributed by atoms with Crippen molar-refractivity contribution in [2.45, 2.75) is 5.41 Å². The predicted molar refractivity (Wildman–Crippen MR) is 149 cm³/mol. The number of hydrogen-bond donors (Lipinski definition) is 0. The average molecular weight is 579 g/mol. The van der Waals surface area contributed by atoms with Gasteiger partial charge in [-0.05, 0) is 34.6 Å². The first kappa shape index (κ1) is 25.5. The Morgan fingerprint density at radius 1 is 0.421 bits per heavy atom. The molecule has 2 heterocycles. The molecule has 184 valence electrons. The molecule has 0 aliphatic heterocycles. The molecule has 2 aromatic heterocycles. The molecule has 38 heavy (non-hydrogen) atoms. The zero-order valence-electron chi connectivity index (χ0n) is 20.6. The summed E-state index contributed by atoms with van der Waals surface area (Å²) in [4.78, 5) is 10.5. The molecule has 0 radical (unpaired) electrons. The maximum absolute atomic E-state index is 5.27. The summed E-state index contributed by atoms with van der Waals surface area (Å²) >= 11 is 0. The van der Waals surface area contributed by atoms with E-state index in [1.54, 1.807) is 0 Å². The Kier molecular flexibility index (Phi) is 7.71. The minimum Gasteiger partial charge on any atom is -0.300 e. The molecule has 3 heteroatoms. The molecule has 6 aromatic rings. The van der Waals surface area contributed by atoms with Gasteiger partial charge in [0.15, 0.2) is 0 Å². The minimum atomic E-state index is -0.738. The Balaban J connectivity index is 0.00000294. The van der Waals surface area contributed by atoms with Crippen LogP contribution in [0.1, 0.15) is 22.5 Å². The van der Waals surface area contributed by atoms with Crippen LogP contribution in [0.4, 0.5) is 0 Å². The molecule has 0 atom stereocenters. The normalized spacial score (nSPS) is 10.9. The van der Waals surface area contributed by atoms with Crippen molar-refractivity contribution in [2.24, 2.45) is 0 Å². The van der Waals surface area contributed by atoms with Crippen molar-refractivity contribution in [3.05, 3.63) is 180 Å². The van der Waals surface area contributed by atoms with E-state index in [9.17, 15) is 0 Å². The van der Waals surface area contributed by atoms with Gasteiger partial charge in [0.25, 0.3) is 0 Å². The molecular formula is C35H24N2Pd. The van der Waals surface area contributed by atoms with Crippen LogP contribution in [0.3, 0.4) is 0 Å². The van der Waals surface area contributed by atoms with Crippen LogP contribution < -0.4 is 0 Å². The summed E-state index contributed by atoms with van der Waals surface area (Å²) in [6.07, 6.45) is 0. The first-order valence-electron chi connectivity index (χ1n) is 12.4. The minimum absolute atomic E-state index is 0. The van der Waals surface area contributed by atoms with E-state index in [0.29, 0.717) is 0 Å². The first-order chi connectivity index (χ1) is 18.4. The van der Waals surface area contributed by atoms with Crippen LogP contribution in [-0.2, 0) is 25.8 Å². The molecule has 0 saturated carbocycles. The summed E-state index contributed by atoms with van der Waals surface area (Å²) in [5.74, 6) is 0. The van der Waals surface area contributed by atoms with Crippen molar-refractivity contribution in [3.8, 4) is 22.5 Å². The number of aromatic nitrogens is 2. The van der Waals surface area contributed by atoms with Crippen LogP contribution in [0.5, 0.6) is 0 Å². The third-order valence-corrected chi connectivity index (χ3v) is 6.65. The number of nitrogens with zero attached hydrogens (tertiary/aromatic N) is 2. The number of rotatable bonds is 6. The fraction of sp³-hybridized carbons (Fsp3) is 0.0286. The SMILES string of the molecule is [Pd+2].[c-]1ccccc1-c1cccc(C(c2ccccc2)(c2ccccc2)c2cccc(-c3[c-]cccc3)n2)n1. The molecule has 0 fully saturated rings. The van der Waals surface area contributed by atoms with Gasteiger partial charge in [0, 0.05) is 0 Å². The molecule has 0 N–H and O–H groups in total. The summed E-state index contributed by atoms with van der Waals surface area (Å²) in [6, 6.07) is 56.1. The second-order valence-electron chi connectivity index (χ2n) is 8.85. The number of hydrogen-bond acceptors (Lipinski definition) is 2. The standard InChI is InChI=1S/C35H24N2.Pd/c1-5-15-27(16-6-1)31-23-13-25-33(36-31)35(29-19-9-3-10-20-29,30-21-11-4-12-22-30)34-26-14-24-32(37-34)28-17-7-2-8-18-28;/h1-15,17,19-26H;/q-2;+2. The van der Waals surface area contributed by atoms with Crippen LogP contribution in [-0.4, -0.2) is 9.97 Å². The van der Waals surface area contributed by atoms with Crippen molar-refractivity contribution < 1.29 is 20.4 Å². The first-order valence-corrected chi connectivity index (χ1v) is 12.4. The summed E-state index contributed by atoms with van der Waals surface area (Å²) in [5.41, 5.74) is 6.94. The second-order valence-corrected chi connectivity index (χ2v) is 8.85. The number of benzene rings is 4. The van der Waals surface area contributed by atoms with Gasteiger partial charge in [-0.1, -0.05) is 84.9 Å². The molecule has 4 aromatic carbocycles. The third-order valence-electron chi connectivity index (χ3n) is 6.65. The Hall–Kier alpha value is -4.16. The summed E-state index contributed by atoms with van der Waals surface area (Å²) in [5, 5.41) is 0. The molecule has 0 aliphatic carbocycles. The van der Waals surface area contributed by atoms with E-state index < -0.39 is 5.41 Å². The summed E-state index contributed by atoms with van der Waals surface area (Å²) in [6.45, 7) is 0.